The van der Waals surface area contributed by atoms with Crippen molar-refractivity contribution in [2.75, 3.05) is 13.1 Å². The summed E-state index contributed by atoms with van der Waals surface area (Å²) in [5, 5.41) is 13.2. The van der Waals surface area contributed by atoms with Crippen molar-refractivity contribution in [2.24, 2.45) is 0 Å². The Labute approximate surface area is 92.8 Å². The number of hydrogen-bond acceptors (Lipinski definition) is 3. The molecule has 88 valence electrons. The van der Waals surface area contributed by atoms with Gasteiger partial charge in [0.2, 0.25) is 0 Å². The smallest absolute Gasteiger partial charge is 0.0664 e. The first kappa shape index (κ1) is 11.4. The molecule has 2 aliphatic rings. The van der Waals surface area contributed by atoms with Crippen molar-refractivity contribution in [1.29, 1.82) is 0 Å². The maximum atomic E-state index is 9.68. The molecule has 1 saturated heterocycles. The van der Waals surface area contributed by atoms with Crippen LogP contribution >= 0.6 is 0 Å². The van der Waals surface area contributed by atoms with Crippen molar-refractivity contribution in [2.45, 2.75) is 63.8 Å². The summed E-state index contributed by atoms with van der Waals surface area (Å²) in [5.74, 6) is 0. The zero-order valence-corrected chi connectivity index (χ0v) is 9.95. The van der Waals surface area contributed by atoms with Gasteiger partial charge in [0, 0.05) is 24.7 Å². The van der Waals surface area contributed by atoms with Crippen LogP contribution in [0, 0.1) is 0 Å². The summed E-state index contributed by atoms with van der Waals surface area (Å²) >= 11 is 0. The van der Waals surface area contributed by atoms with E-state index in [0.29, 0.717) is 12.1 Å². The highest BCUT2D eigenvalue weighted by atomic mass is 16.3. The van der Waals surface area contributed by atoms with Crippen LogP contribution in [0.15, 0.2) is 0 Å². The number of aliphatic hydroxyl groups is 1. The molecule has 1 aliphatic heterocycles. The molecule has 15 heavy (non-hydrogen) atoms. The third-order valence-corrected chi connectivity index (χ3v) is 3.83. The first-order valence-corrected chi connectivity index (χ1v) is 6.35. The Balaban J connectivity index is 1.87. The zero-order chi connectivity index (χ0) is 10.8. The largest absolute Gasteiger partial charge is 0.392 e. The van der Waals surface area contributed by atoms with E-state index in [0.717, 1.165) is 12.6 Å². The van der Waals surface area contributed by atoms with E-state index >= 15 is 0 Å². The van der Waals surface area contributed by atoms with Crippen LogP contribution in [-0.4, -0.2) is 47.3 Å². The second kappa shape index (κ2) is 4.81. The lowest BCUT2D eigenvalue weighted by Gasteiger charge is -2.33. The fraction of sp³-hybridized carbons (Fsp3) is 1.00. The molecule has 3 atom stereocenters. The average molecular weight is 212 g/mol. The first-order valence-electron chi connectivity index (χ1n) is 6.35. The molecular weight excluding hydrogens is 188 g/mol. The third kappa shape index (κ3) is 2.92. The minimum absolute atomic E-state index is 0.216. The highest BCUT2D eigenvalue weighted by Gasteiger charge is 2.35. The molecule has 2 fully saturated rings. The van der Waals surface area contributed by atoms with Gasteiger partial charge in [0.25, 0.3) is 0 Å². The molecule has 2 rings (SSSR count). The molecule has 1 saturated carbocycles. The number of rotatable bonds is 5. The molecule has 3 heteroatoms. The van der Waals surface area contributed by atoms with Crippen molar-refractivity contribution in [3.63, 3.8) is 0 Å². The van der Waals surface area contributed by atoms with Crippen LogP contribution in [-0.2, 0) is 0 Å². The Hall–Kier alpha value is -0.120. The van der Waals surface area contributed by atoms with E-state index in [2.05, 4.69) is 17.1 Å². The summed E-state index contributed by atoms with van der Waals surface area (Å²) < 4.78 is 0. The Kier molecular flexibility index (Phi) is 3.65. The number of aliphatic hydroxyl groups excluding tert-OH is 1. The molecule has 1 aliphatic carbocycles. The van der Waals surface area contributed by atoms with Gasteiger partial charge in [0.1, 0.15) is 0 Å². The molecular formula is C12H24N2O. The molecule has 0 amide bonds. The standard InChI is InChI=1S/C12H24N2O/c1-9(10(2)15)14(12-5-6-12)8-11-4-3-7-13-11/h9-13,15H,3-8H2,1-2H3. The van der Waals surface area contributed by atoms with Gasteiger partial charge in [-0.25, -0.2) is 0 Å². The van der Waals surface area contributed by atoms with E-state index in [1.165, 1.54) is 32.2 Å². The molecule has 0 aromatic heterocycles. The number of nitrogens with zero attached hydrogens (tertiary/aromatic N) is 1. The van der Waals surface area contributed by atoms with Crippen LogP contribution in [0.5, 0.6) is 0 Å². The molecule has 0 radical (unpaired) electrons. The fourth-order valence-corrected chi connectivity index (χ4v) is 2.50. The predicted molar refractivity (Wildman–Crippen MR) is 61.9 cm³/mol. The summed E-state index contributed by atoms with van der Waals surface area (Å²) in [6.45, 7) is 6.35. The summed E-state index contributed by atoms with van der Waals surface area (Å²) in [6, 6.07) is 1.71. The van der Waals surface area contributed by atoms with Gasteiger partial charge in [-0.1, -0.05) is 0 Å². The van der Waals surface area contributed by atoms with E-state index in [9.17, 15) is 5.11 Å². The summed E-state index contributed by atoms with van der Waals surface area (Å²) in [6.07, 6.45) is 5.04. The minimum Gasteiger partial charge on any atom is -0.392 e. The van der Waals surface area contributed by atoms with Crippen LogP contribution in [0.1, 0.15) is 39.5 Å². The number of hydrogen-bond donors (Lipinski definition) is 2. The maximum absolute atomic E-state index is 9.68. The van der Waals surface area contributed by atoms with Gasteiger partial charge in [0.05, 0.1) is 6.10 Å². The summed E-state index contributed by atoms with van der Waals surface area (Å²) in [5.41, 5.74) is 0. The second-order valence-electron chi connectivity index (χ2n) is 5.20. The summed E-state index contributed by atoms with van der Waals surface area (Å²) in [7, 11) is 0. The fourth-order valence-electron chi connectivity index (χ4n) is 2.50. The predicted octanol–water partition coefficient (Wildman–Crippen LogP) is 0.972. The summed E-state index contributed by atoms with van der Waals surface area (Å²) in [4.78, 5) is 2.51. The van der Waals surface area contributed by atoms with Crippen molar-refractivity contribution in [1.82, 2.24) is 10.2 Å². The Morgan fingerprint density at radius 1 is 1.33 bits per heavy atom. The average Bonchev–Trinajstić information content (AvgIpc) is 2.92. The monoisotopic (exact) mass is 212 g/mol. The van der Waals surface area contributed by atoms with Crippen molar-refractivity contribution < 1.29 is 5.11 Å². The molecule has 3 nitrogen and oxygen atoms in total. The Bertz CT molecular complexity index is 198. The van der Waals surface area contributed by atoms with Crippen molar-refractivity contribution in [3.8, 4) is 0 Å². The lowest BCUT2D eigenvalue weighted by Crippen LogP contribution is -2.47. The lowest BCUT2D eigenvalue weighted by atomic mass is 10.1. The topological polar surface area (TPSA) is 35.5 Å². The molecule has 0 bridgehead atoms. The molecule has 0 aromatic carbocycles. The molecule has 0 aromatic rings. The van der Waals surface area contributed by atoms with Crippen LogP contribution in [0.2, 0.25) is 0 Å². The molecule has 0 spiro atoms. The van der Waals surface area contributed by atoms with Crippen LogP contribution in [0.4, 0.5) is 0 Å². The molecule has 2 N–H and O–H groups in total. The van der Waals surface area contributed by atoms with Gasteiger partial charge in [-0.05, 0) is 46.1 Å². The van der Waals surface area contributed by atoms with E-state index in [1.807, 2.05) is 6.92 Å². The van der Waals surface area contributed by atoms with E-state index in [4.69, 9.17) is 0 Å². The minimum atomic E-state index is -0.216. The second-order valence-corrected chi connectivity index (χ2v) is 5.20. The quantitative estimate of drug-likeness (QED) is 0.713. The van der Waals surface area contributed by atoms with Crippen LogP contribution in [0.25, 0.3) is 0 Å². The third-order valence-electron chi connectivity index (χ3n) is 3.83. The highest BCUT2D eigenvalue weighted by Crippen LogP contribution is 2.30. The van der Waals surface area contributed by atoms with Crippen LogP contribution in [0.3, 0.4) is 0 Å². The van der Waals surface area contributed by atoms with Crippen molar-refractivity contribution in [3.05, 3.63) is 0 Å². The van der Waals surface area contributed by atoms with Gasteiger partial charge in [-0.3, -0.25) is 4.90 Å². The van der Waals surface area contributed by atoms with E-state index < -0.39 is 0 Å². The van der Waals surface area contributed by atoms with E-state index in [1.54, 1.807) is 0 Å². The van der Waals surface area contributed by atoms with E-state index in [-0.39, 0.29) is 6.10 Å². The Morgan fingerprint density at radius 3 is 2.53 bits per heavy atom. The van der Waals surface area contributed by atoms with Gasteiger partial charge < -0.3 is 10.4 Å². The lowest BCUT2D eigenvalue weighted by molar-refractivity contribution is 0.0604. The first-order chi connectivity index (χ1) is 7.18. The van der Waals surface area contributed by atoms with Gasteiger partial charge >= 0.3 is 0 Å². The molecule has 3 unspecified atom stereocenters. The normalized spacial score (nSPS) is 30.8. The van der Waals surface area contributed by atoms with Gasteiger partial charge in [-0.2, -0.15) is 0 Å². The highest BCUT2D eigenvalue weighted by molar-refractivity contribution is 4.92. The SMILES string of the molecule is CC(O)C(C)N(CC1CCCN1)C1CC1. The maximum Gasteiger partial charge on any atom is 0.0664 e. The van der Waals surface area contributed by atoms with Gasteiger partial charge in [-0.15, -0.1) is 0 Å². The number of nitrogens with one attached hydrogen (secondary N) is 1. The Morgan fingerprint density at radius 2 is 2.07 bits per heavy atom. The van der Waals surface area contributed by atoms with Crippen molar-refractivity contribution >= 4 is 0 Å². The molecule has 1 heterocycles. The van der Waals surface area contributed by atoms with Crippen LogP contribution < -0.4 is 5.32 Å². The zero-order valence-electron chi connectivity index (χ0n) is 9.95. The van der Waals surface area contributed by atoms with Gasteiger partial charge in [0.15, 0.2) is 0 Å².